The van der Waals surface area contributed by atoms with Crippen molar-refractivity contribution in [3.63, 3.8) is 0 Å². The molecule has 0 aromatic heterocycles. The van der Waals surface area contributed by atoms with Crippen LogP contribution in [0.2, 0.25) is 0 Å². The number of ether oxygens (including phenoxy) is 2. The molecule has 1 N–H and O–H groups in total. The second kappa shape index (κ2) is 9.05. The summed E-state index contributed by atoms with van der Waals surface area (Å²) in [6, 6.07) is 17.1. The molecule has 30 heavy (non-hydrogen) atoms. The van der Waals surface area contributed by atoms with Crippen LogP contribution in [0.25, 0.3) is 0 Å². The molecule has 0 spiro atoms. The summed E-state index contributed by atoms with van der Waals surface area (Å²) in [5.41, 5.74) is 0.481. The summed E-state index contributed by atoms with van der Waals surface area (Å²) in [5.74, 6) is 1.91. The van der Waals surface area contributed by atoms with E-state index in [1.165, 1.54) is 12.8 Å². The molecule has 2 fully saturated rings. The Labute approximate surface area is 197 Å². The van der Waals surface area contributed by atoms with Crippen molar-refractivity contribution < 1.29 is 43.0 Å². The molecule has 0 radical (unpaired) electrons. The Bertz CT molecular complexity index is 805. The van der Waals surface area contributed by atoms with Gasteiger partial charge in [-0.2, -0.15) is 0 Å². The topological polar surface area (TPSA) is 38.7 Å². The molecule has 2 saturated heterocycles. The predicted molar refractivity (Wildman–Crippen MR) is 115 cm³/mol. The molecule has 2 aliphatic rings. The van der Waals surface area contributed by atoms with Crippen molar-refractivity contribution in [1.29, 1.82) is 0 Å². The van der Waals surface area contributed by atoms with Crippen molar-refractivity contribution in [1.82, 2.24) is 0 Å². The number of piperidine rings is 1. The zero-order valence-electron chi connectivity index (χ0n) is 18.5. The predicted octanol–water partition coefficient (Wildman–Crippen LogP) is 1.35. The maximum Gasteiger partial charge on any atom is 0.125 e. The third-order valence-corrected chi connectivity index (χ3v) is 7.62. The molecule has 5 heteroatoms. The normalized spacial score (nSPS) is 24.8. The highest BCUT2D eigenvalue weighted by molar-refractivity contribution is 5.49. The molecule has 2 unspecified atom stereocenters. The molecular formula is C25H34INO3. The standard InChI is InChI=1S/C25H34NO3.HI/c1-26(2)19-13-14-20(26)16-18(15-19)17-25(27,21-9-5-7-11-23(21)28-3)22-10-6-8-12-24(22)29-4;/h5-12,18-20,27H,13-17H2,1-4H3;1H/q+1;/p-1. The van der Waals surface area contributed by atoms with Crippen LogP contribution < -0.4 is 33.5 Å². The molecular weight excluding hydrogens is 489 g/mol. The van der Waals surface area contributed by atoms with E-state index in [-0.39, 0.29) is 24.0 Å². The van der Waals surface area contributed by atoms with Crippen molar-refractivity contribution in [2.45, 2.75) is 49.8 Å². The Hall–Kier alpha value is -1.31. The molecule has 164 valence electrons. The van der Waals surface area contributed by atoms with Gasteiger partial charge in [0.15, 0.2) is 0 Å². The molecule has 2 heterocycles. The van der Waals surface area contributed by atoms with E-state index >= 15 is 0 Å². The molecule has 2 atom stereocenters. The van der Waals surface area contributed by atoms with Gasteiger partial charge in [-0.3, -0.25) is 0 Å². The Morgan fingerprint density at radius 2 is 1.30 bits per heavy atom. The molecule has 0 saturated carbocycles. The third-order valence-electron chi connectivity index (χ3n) is 7.62. The second-order valence-corrected chi connectivity index (χ2v) is 9.32. The summed E-state index contributed by atoms with van der Waals surface area (Å²) in [6.07, 6.45) is 5.61. The highest BCUT2D eigenvalue weighted by Gasteiger charge is 2.51. The van der Waals surface area contributed by atoms with Gasteiger partial charge in [0.05, 0.1) is 40.4 Å². The lowest BCUT2D eigenvalue weighted by molar-refractivity contribution is -0.931. The van der Waals surface area contributed by atoms with Crippen LogP contribution in [-0.4, -0.2) is 50.0 Å². The molecule has 2 aromatic carbocycles. The van der Waals surface area contributed by atoms with Crippen LogP contribution in [0.5, 0.6) is 11.5 Å². The summed E-state index contributed by atoms with van der Waals surface area (Å²) < 4.78 is 12.5. The summed E-state index contributed by atoms with van der Waals surface area (Å²) >= 11 is 0. The van der Waals surface area contributed by atoms with Crippen molar-refractivity contribution in [2.24, 2.45) is 5.92 Å². The number of aliphatic hydroxyl groups is 1. The van der Waals surface area contributed by atoms with Gasteiger partial charge in [-0.15, -0.1) is 0 Å². The van der Waals surface area contributed by atoms with E-state index < -0.39 is 5.60 Å². The second-order valence-electron chi connectivity index (χ2n) is 9.32. The maximum absolute atomic E-state index is 12.3. The molecule has 0 aliphatic carbocycles. The van der Waals surface area contributed by atoms with Gasteiger partial charge < -0.3 is 43.0 Å². The van der Waals surface area contributed by atoms with Gasteiger partial charge in [-0.25, -0.2) is 0 Å². The molecule has 4 nitrogen and oxygen atoms in total. The highest BCUT2D eigenvalue weighted by atomic mass is 127. The van der Waals surface area contributed by atoms with Gasteiger partial charge in [0.25, 0.3) is 0 Å². The average molecular weight is 523 g/mol. The fourth-order valence-electron chi connectivity index (χ4n) is 5.92. The first-order valence-electron chi connectivity index (χ1n) is 10.7. The van der Waals surface area contributed by atoms with Crippen LogP contribution in [0.3, 0.4) is 0 Å². The van der Waals surface area contributed by atoms with Gasteiger partial charge in [0.2, 0.25) is 0 Å². The van der Waals surface area contributed by atoms with Crippen LogP contribution in [0.4, 0.5) is 0 Å². The number of nitrogens with zero attached hydrogens (tertiary/aromatic N) is 1. The first-order chi connectivity index (χ1) is 13.9. The zero-order valence-corrected chi connectivity index (χ0v) is 20.6. The number of para-hydroxylation sites is 2. The van der Waals surface area contributed by atoms with E-state index in [1.54, 1.807) is 14.2 Å². The number of hydrogen-bond donors (Lipinski definition) is 1. The summed E-state index contributed by atoms with van der Waals surface area (Å²) in [5, 5.41) is 12.3. The van der Waals surface area contributed by atoms with Crippen molar-refractivity contribution in [3.8, 4) is 11.5 Å². The van der Waals surface area contributed by atoms with Crippen LogP contribution >= 0.6 is 0 Å². The monoisotopic (exact) mass is 523 g/mol. The molecule has 0 amide bonds. The first-order valence-corrected chi connectivity index (χ1v) is 10.7. The van der Waals surface area contributed by atoms with E-state index in [0.29, 0.717) is 24.4 Å². The number of hydrogen-bond acceptors (Lipinski definition) is 3. The number of rotatable bonds is 6. The minimum atomic E-state index is -1.15. The van der Waals surface area contributed by atoms with E-state index in [0.717, 1.165) is 40.0 Å². The third kappa shape index (κ3) is 3.96. The number of halogens is 1. The highest BCUT2D eigenvalue weighted by Crippen LogP contribution is 2.49. The maximum atomic E-state index is 12.3. The van der Waals surface area contributed by atoms with E-state index in [2.05, 4.69) is 14.1 Å². The Morgan fingerprint density at radius 3 is 1.73 bits per heavy atom. The van der Waals surface area contributed by atoms with Crippen LogP contribution in [0, 0.1) is 5.92 Å². The number of fused-ring (bicyclic) bond motifs is 2. The first kappa shape index (κ1) is 23.4. The van der Waals surface area contributed by atoms with Gasteiger partial charge >= 0.3 is 0 Å². The van der Waals surface area contributed by atoms with E-state index in [1.807, 2.05) is 48.5 Å². The quantitative estimate of drug-likeness (QED) is 0.459. The lowest BCUT2D eigenvalue weighted by Gasteiger charge is -2.46. The molecule has 2 aromatic rings. The van der Waals surface area contributed by atoms with Crippen molar-refractivity contribution >= 4 is 0 Å². The number of methoxy groups -OCH3 is 2. The Balaban J connectivity index is 0.00000256. The minimum absolute atomic E-state index is 0. The van der Waals surface area contributed by atoms with Gasteiger partial charge in [0.1, 0.15) is 17.1 Å². The molecule has 4 rings (SSSR count). The number of benzene rings is 2. The minimum Gasteiger partial charge on any atom is -1.00 e. The number of quaternary nitrogens is 1. The summed E-state index contributed by atoms with van der Waals surface area (Å²) in [4.78, 5) is 0. The summed E-state index contributed by atoms with van der Waals surface area (Å²) in [7, 11) is 8.10. The molecule has 2 aliphatic heterocycles. The zero-order chi connectivity index (χ0) is 20.6. The smallest absolute Gasteiger partial charge is 0.125 e. The van der Waals surface area contributed by atoms with Crippen molar-refractivity contribution in [3.05, 3.63) is 59.7 Å². The van der Waals surface area contributed by atoms with E-state index in [4.69, 9.17) is 9.47 Å². The SMILES string of the molecule is COc1ccccc1C(O)(CC1CC2CCC(C1)[N+]2(C)C)c1ccccc1OC.[I-]. The summed E-state index contributed by atoms with van der Waals surface area (Å²) in [6.45, 7) is 0. The fourth-order valence-corrected chi connectivity index (χ4v) is 5.92. The lowest BCUT2D eigenvalue weighted by atomic mass is 9.74. The van der Waals surface area contributed by atoms with Gasteiger partial charge in [0, 0.05) is 36.8 Å². The Morgan fingerprint density at radius 1 is 0.867 bits per heavy atom. The van der Waals surface area contributed by atoms with Gasteiger partial charge in [-0.1, -0.05) is 36.4 Å². The van der Waals surface area contributed by atoms with Crippen LogP contribution in [0.15, 0.2) is 48.5 Å². The van der Waals surface area contributed by atoms with Crippen LogP contribution in [-0.2, 0) is 5.60 Å². The average Bonchev–Trinajstić information content (AvgIpc) is 2.89. The van der Waals surface area contributed by atoms with E-state index in [9.17, 15) is 5.11 Å². The van der Waals surface area contributed by atoms with Crippen molar-refractivity contribution in [2.75, 3.05) is 28.3 Å². The van der Waals surface area contributed by atoms with Gasteiger partial charge in [-0.05, 0) is 24.5 Å². The Kier molecular flexibility index (Phi) is 7.04. The fraction of sp³-hybridized carbons (Fsp3) is 0.520. The van der Waals surface area contributed by atoms with Crippen LogP contribution in [0.1, 0.15) is 43.2 Å². The lowest BCUT2D eigenvalue weighted by Crippen LogP contribution is -3.00. The molecule has 2 bridgehead atoms. The largest absolute Gasteiger partial charge is 1.00 e.